The first-order valence-corrected chi connectivity index (χ1v) is 18.3. The zero-order valence-corrected chi connectivity index (χ0v) is 27.0. The standard InChI is InChI=1S/C26H31S.C10H16O4S/c1-2-3-4-5-6-9-14-23-19-21-26(22-20-23)27(24-15-10-7-11-16-24)25-17-12-8-13-18-25;1-9(2)7-3-4-10(9,8(11)5-7)6-15(12,13)14/h7-8,10-13,15-22H,2-6,9,14H2,1H3;7H,3-6H2,1-2H3,(H,12,13,14)/q+1;/p-1. The minimum absolute atomic E-state index is 0.0248. The predicted octanol–water partition coefficient (Wildman–Crippen LogP) is 8.61. The van der Waals surface area contributed by atoms with Crippen LogP contribution in [0.25, 0.3) is 0 Å². The monoisotopic (exact) mass is 606 g/mol. The van der Waals surface area contributed by atoms with Crippen molar-refractivity contribution in [2.75, 3.05) is 5.75 Å². The number of carbonyl (C=O) groups excluding carboxylic acids is 1. The van der Waals surface area contributed by atoms with Gasteiger partial charge < -0.3 is 4.55 Å². The number of hydrogen-bond acceptors (Lipinski definition) is 4. The number of aryl methyl sites for hydroxylation is 1. The van der Waals surface area contributed by atoms with Crippen molar-refractivity contribution < 1.29 is 17.8 Å². The van der Waals surface area contributed by atoms with Crippen molar-refractivity contribution in [2.45, 2.75) is 99.7 Å². The minimum atomic E-state index is -4.33. The number of Topliss-reactive ketones (excluding diaryl/α,β-unsaturated/α-hetero) is 1. The van der Waals surface area contributed by atoms with E-state index < -0.39 is 21.3 Å². The Labute approximate surface area is 256 Å². The molecule has 0 aliphatic heterocycles. The Kier molecular flexibility index (Phi) is 11.1. The molecule has 0 heterocycles. The second-order valence-electron chi connectivity index (χ2n) is 12.5. The van der Waals surface area contributed by atoms with Gasteiger partial charge in [-0.15, -0.1) is 0 Å². The van der Waals surface area contributed by atoms with Crippen LogP contribution in [0.4, 0.5) is 0 Å². The van der Waals surface area contributed by atoms with Gasteiger partial charge in [0.05, 0.1) is 26.8 Å². The molecule has 0 N–H and O–H groups in total. The van der Waals surface area contributed by atoms with E-state index in [1.807, 2.05) is 13.8 Å². The summed E-state index contributed by atoms with van der Waals surface area (Å²) in [4.78, 5) is 16.0. The summed E-state index contributed by atoms with van der Waals surface area (Å²) in [7, 11) is -4.36. The third-order valence-electron chi connectivity index (χ3n) is 9.50. The van der Waals surface area contributed by atoms with Crippen molar-refractivity contribution in [3.8, 4) is 0 Å². The zero-order chi connectivity index (χ0) is 30.2. The molecule has 2 atom stereocenters. The molecule has 5 rings (SSSR count). The van der Waals surface area contributed by atoms with Crippen molar-refractivity contribution in [3.05, 3.63) is 90.5 Å². The first-order valence-electron chi connectivity index (χ1n) is 15.5. The average Bonchev–Trinajstić information content (AvgIpc) is 3.31. The van der Waals surface area contributed by atoms with Gasteiger partial charge in [-0.3, -0.25) is 4.79 Å². The fourth-order valence-corrected chi connectivity index (χ4v) is 10.2. The molecule has 3 aromatic rings. The van der Waals surface area contributed by atoms with Gasteiger partial charge in [0.1, 0.15) is 5.78 Å². The van der Waals surface area contributed by atoms with E-state index in [1.165, 1.54) is 65.2 Å². The lowest BCUT2D eigenvalue weighted by Gasteiger charge is -2.37. The summed E-state index contributed by atoms with van der Waals surface area (Å²) >= 11 is 0. The molecule has 2 aliphatic rings. The van der Waals surface area contributed by atoms with E-state index in [9.17, 15) is 17.8 Å². The van der Waals surface area contributed by atoms with Crippen molar-refractivity contribution in [1.82, 2.24) is 0 Å². The third-order valence-corrected chi connectivity index (χ3v) is 12.6. The summed E-state index contributed by atoms with van der Waals surface area (Å²) in [6.45, 7) is 6.11. The molecule has 2 bridgehead atoms. The largest absolute Gasteiger partial charge is 0.748 e. The maximum absolute atomic E-state index is 11.8. The number of ketones is 1. The molecular formula is C36H46O4S2. The predicted molar refractivity (Wildman–Crippen MR) is 172 cm³/mol. The molecule has 0 aromatic heterocycles. The maximum Gasteiger partial charge on any atom is 0.166 e. The van der Waals surface area contributed by atoms with Gasteiger partial charge in [-0.1, -0.05) is 101 Å². The van der Waals surface area contributed by atoms with E-state index in [4.69, 9.17) is 0 Å². The topological polar surface area (TPSA) is 74.3 Å². The molecule has 0 saturated heterocycles. The number of benzene rings is 3. The van der Waals surface area contributed by atoms with Crippen LogP contribution < -0.4 is 0 Å². The molecule has 2 fully saturated rings. The van der Waals surface area contributed by atoms with Gasteiger partial charge in [-0.25, -0.2) is 8.42 Å². The van der Waals surface area contributed by atoms with Gasteiger partial charge in [0, 0.05) is 11.8 Å². The molecule has 3 aromatic carbocycles. The Morgan fingerprint density at radius 1 is 0.786 bits per heavy atom. The number of rotatable bonds is 12. The van der Waals surface area contributed by atoms with Crippen LogP contribution >= 0.6 is 0 Å². The van der Waals surface area contributed by atoms with E-state index in [2.05, 4.69) is 91.9 Å². The summed E-state index contributed by atoms with van der Waals surface area (Å²) in [5.41, 5.74) is 0.249. The smallest absolute Gasteiger partial charge is 0.166 e. The van der Waals surface area contributed by atoms with Gasteiger partial charge >= 0.3 is 0 Å². The highest BCUT2D eigenvalue weighted by atomic mass is 32.2. The maximum atomic E-state index is 11.8. The number of carbonyl (C=O) groups is 1. The van der Waals surface area contributed by atoms with E-state index >= 15 is 0 Å². The van der Waals surface area contributed by atoms with Gasteiger partial charge in [-0.05, 0) is 79.0 Å². The number of fused-ring (bicyclic) bond motifs is 2. The van der Waals surface area contributed by atoms with E-state index in [1.54, 1.807) is 0 Å². The molecule has 0 amide bonds. The molecule has 0 spiro atoms. The first-order chi connectivity index (χ1) is 20.1. The normalized spacial score (nSPS) is 20.9. The fraction of sp³-hybridized carbons (Fsp3) is 0.472. The first kappa shape index (κ1) is 32.5. The Balaban J connectivity index is 0.000000227. The van der Waals surface area contributed by atoms with Gasteiger partial charge in [0.15, 0.2) is 14.7 Å². The van der Waals surface area contributed by atoms with Crippen LogP contribution in [0.3, 0.4) is 0 Å². The van der Waals surface area contributed by atoms with Crippen LogP contribution in [-0.2, 0) is 32.2 Å². The quantitative estimate of drug-likeness (QED) is 0.118. The van der Waals surface area contributed by atoms with Crippen LogP contribution in [0.1, 0.15) is 84.1 Å². The molecule has 2 unspecified atom stereocenters. The molecule has 2 aliphatic carbocycles. The highest BCUT2D eigenvalue weighted by Crippen LogP contribution is 2.64. The van der Waals surface area contributed by atoms with E-state index in [-0.39, 0.29) is 28.0 Å². The van der Waals surface area contributed by atoms with Crippen LogP contribution in [-0.4, -0.2) is 24.5 Å². The lowest BCUT2D eigenvalue weighted by Crippen LogP contribution is -2.42. The second-order valence-corrected chi connectivity index (χ2v) is 15.9. The summed E-state index contributed by atoms with van der Waals surface area (Å²) in [5, 5.41) is 0. The van der Waals surface area contributed by atoms with Crippen LogP contribution in [0.15, 0.2) is 99.6 Å². The summed E-state index contributed by atoms with van der Waals surface area (Å²) in [5.74, 6) is -0.280. The molecule has 4 nitrogen and oxygen atoms in total. The Morgan fingerprint density at radius 3 is 1.79 bits per heavy atom. The Morgan fingerprint density at radius 2 is 1.31 bits per heavy atom. The minimum Gasteiger partial charge on any atom is -0.748 e. The van der Waals surface area contributed by atoms with Crippen molar-refractivity contribution in [1.29, 1.82) is 0 Å². The Hall–Kier alpha value is -2.41. The average molecular weight is 607 g/mol. The SMILES string of the molecule is CC1(C)C2CCC1(CS(=O)(=O)[O-])C(=O)C2.CCCCCCCCc1ccc([S+](c2ccccc2)c2ccccc2)cc1. The fourth-order valence-electron chi connectivity index (χ4n) is 6.83. The molecule has 0 radical (unpaired) electrons. The van der Waals surface area contributed by atoms with E-state index in [0.29, 0.717) is 12.8 Å². The molecular weight excluding hydrogens is 561 g/mol. The highest BCUT2D eigenvalue weighted by Gasteiger charge is 2.64. The molecule has 6 heteroatoms. The highest BCUT2D eigenvalue weighted by molar-refractivity contribution is 7.97. The molecule has 226 valence electrons. The van der Waals surface area contributed by atoms with Crippen molar-refractivity contribution >= 4 is 26.8 Å². The summed E-state index contributed by atoms with van der Waals surface area (Å²) < 4.78 is 32.7. The van der Waals surface area contributed by atoms with E-state index in [0.717, 1.165) is 6.42 Å². The van der Waals surface area contributed by atoms with Gasteiger partial charge in [0.2, 0.25) is 0 Å². The van der Waals surface area contributed by atoms with Gasteiger partial charge in [-0.2, -0.15) is 0 Å². The Bertz CT molecular complexity index is 1350. The number of unbranched alkanes of at least 4 members (excludes halogenated alkanes) is 5. The molecule has 42 heavy (non-hydrogen) atoms. The molecule has 2 saturated carbocycles. The van der Waals surface area contributed by atoms with Crippen LogP contribution in [0, 0.1) is 16.7 Å². The van der Waals surface area contributed by atoms with Crippen molar-refractivity contribution in [2.24, 2.45) is 16.7 Å². The zero-order valence-electron chi connectivity index (χ0n) is 25.4. The van der Waals surface area contributed by atoms with Crippen molar-refractivity contribution in [3.63, 3.8) is 0 Å². The lowest BCUT2D eigenvalue weighted by molar-refractivity contribution is -0.128. The summed E-state index contributed by atoms with van der Waals surface area (Å²) in [6, 6.07) is 31.1. The third kappa shape index (κ3) is 7.75. The number of hydrogen-bond donors (Lipinski definition) is 0. The lowest BCUT2D eigenvalue weighted by atomic mass is 9.70. The summed E-state index contributed by atoms with van der Waals surface area (Å²) in [6.07, 6.45) is 11.2. The second kappa shape index (κ2) is 14.4. The van der Waals surface area contributed by atoms with Crippen LogP contribution in [0.2, 0.25) is 0 Å². The van der Waals surface area contributed by atoms with Crippen LogP contribution in [0.5, 0.6) is 0 Å². The van der Waals surface area contributed by atoms with Gasteiger partial charge in [0.25, 0.3) is 0 Å².